The van der Waals surface area contributed by atoms with Gasteiger partial charge >= 0.3 is 0 Å². The van der Waals surface area contributed by atoms with Crippen LogP contribution < -0.4 is 4.90 Å². The number of hydrogen-bond acceptors (Lipinski definition) is 4. The molecule has 1 aliphatic carbocycles. The second-order valence-electron chi connectivity index (χ2n) is 7.97. The summed E-state index contributed by atoms with van der Waals surface area (Å²) in [6.07, 6.45) is 5.25. The van der Waals surface area contributed by atoms with E-state index in [1.165, 1.54) is 4.90 Å². The van der Waals surface area contributed by atoms with E-state index < -0.39 is 0 Å². The zero-order chi connectivity index (χ0) is 20.4. The Morgan fingerprint density at radius 3 is 2.31 bits per heavy atom. The molecule has 4 rings (SSSR count). The van der Waals surface area contributed by atoms with E-state index in [-0.39, 0.29) is 42.5 Å². The molecule has 0 spiro atoms. The monoisotopic (exact) mass is 394 g/mol. The number of aryl methyl sites for hydroxylation is 1. The predicted octanol–water partition coefficient (Wildman–Crippen LogP) is 3.69. The van der Waals surface area contributed by atoms with Crippen molar-refractivity contribution in [2.75, 3.05) is 11.4 Å². The Kier molecular flexibility index (Phi) is 5.51. The normalized spacial score (nSPS) is 21.3. The van der Waals surface area contributed by atoms with Crippen molar-refractivity contribution in [1.82, 2.24) is 4.90 Å². The molecule has 2 atom stereocenters. The third-order valence-electron chi connectivity index (χ3n) is 6.02. The molecule has 1 aliphatic heterocycles. The lowest BCUT2D eigenvalue weighted by Crippen LogP contribution is -2.37. The van der Waals surface area contributed by atoms with Crippen molar-refractivity contribution in [2.45, 2.75) is 45.6 Å². The third-order valence-corrected chi connectivity index (χ3v) is 6.02. The number of fused-ring (bicyclic) bond motifs is 1. The van der Waals surface area contributed by atoms with Gasteiger partial charge in [-0.2, -0.15) is 0 Å². The number of amides is 3. The number of furan rings is 1. The molecule has 6 nitrogen and oxygen atoms in total. The summed E-state index contributed by atoms with van der Waals surface area (Å²) in [5, 5.41) is 0. The van der Waals surface area contributed by atoms with Gasteiger partial charge in [-0.15, -0.1) is 0 Å². The highest BCUT2D eigenvalue weighted by molar-refractivity contribution is 6.05. The van der Waals surface area contributed by atoms with Gasteiger partial charge in [0, 0.05) is 18.7 Å². The van der Waals surface area contributed by atoms with Crippen LogP contribution in [0.5, 0.6) is 0 Å². The van der Waals surface area contributed by atoms with Crippen LogP contribution in [0.15, 0.2) is 47.1 Å². The summed E-state index contributed by atoms with van der Waals surface area (Å²) in [6.45, 7) is 2.44. The van der Waals surface area contributed by atoms with E-state index in [1.54, 1.807) is 17.2 Å². The van der Waals surface area contributed by atoms with Gasteiger partial charge in [-0.05, 0) is 44.0 Å². The van der Waals surface area contributed by atoms with Crippen LogP contribution in [-0.4, -0.2) is 29.2 Å². The van der Waals surface area contributed by atoms with Crippen LogP contribution in [0.25, 0.3) is 0 Å². The minimum absolute atomic E-state index is 0.0968. The molecule has 0 N–H and O–H groups in total. The smallest absolute Gasteiger partial charge is 0.233 e. The Labute approximate surface area is 170 Å². The SMILES string of the molecule is Cc1ccc(N(Cc2ccco2)C(=O)CCN2C(=O)C3CCCCC3C2=O)cc1. The van der Waals surface area contributed by atoms with Crippen molar-refractivity contribution in [3.05, 3.63) is 54.0 Å². The summed E-state index contributed by atoms with van der Waals surface area (Å²) < 4.78 is 5.42. The highest BCUT2D eigenvalue weighted by atomic mass is 16.3. The second kappa shape index (κ2) is 8.23. The van der Waals surface area contributed by atoms with Crippen LogP contribution in [0, 0.1) is 18.8 Å². The first-order valence-electron chi connectivity index (χ1n) is 10.3. The van der Waals surface area contributed by atoms with Gasteiger partial charge in [-0.1, -0.05) is 30.5 Å². The van der Waals surface area contributed by atoms with E-state index in [0.29, 0.717) is 12.3 Å². The van der Waals surface area contributed by atoms with Gasteiger partial charge in [-0.25, -0.2) is 0 Å². The third kappa shape index (κ3) is 3.97. The molecule has 0 radical (unpaired) electrons. The molecule has 1 saturated carbocycles. The van der Waals surface area contributed by atoms with E-state index in [1.807, 2.05) is 37.3 Å². The lowest BCUT2D eigenvalue weighted by molar-refractivity contribution is -0.140. The lowest BCUT2D eigenvalue weighted by atomic mass is 9.81. The summed E-state index contributed by atoms with van der Waals surface area (Å²) in [7, 11) is 0. The Hall–Kier alpha value is -2.89. The lowest BCUT2D eigenvalue weighted by Gasteiger charge is -2.23. The minimum atomic E-state index is -0.178. The fourth-order valence-electron chi connectivity index (χ4n) is 4.40. The number of nitrogens with zero attached hydrogens (tertiary/aromatic N) is 2. The molecule has 6 heteroatoms. The van der Waals surface area contributed by atoms with Gasteiger partial charge < -0.3 is 9.32 Å². The maximum absolute atomic E-state index is 13.1. The molecule has 1 aromatic heterocycles. The summed E-state index contributed by atoms with van der Waals surface area (Å²) in [5.41, 5.74) is 1.87. The summed E-state index contributed by atoms with van der Waals surface area (Å²) >= 11 is 0. The molecule has 0 bridgehead atoms. The Bertz CT molecular complexity index is 864. The molecule has 2 fully saturated rings. The number of likely N-dealkylation sites (tertiary alicyclic amines) is 1. The number of imide groups is 1. The van der Waals surface area contributed by atoms with Gasteiger partial charge in [0.25, 0.3) is 0 Å². The van der Waals surface area contributed by atoms with Crippen LogP contribution in [0.4, 0.5) is 5.69 Å². The number of carbonyl (C=O) groups is 3. The van der Waals surface area contributed by atoms with Crippen molar-refractivity contribution < 1.29 is 18.8 Å². The molecule has 2 unspecified atom stereocenters. The number of rotatable bonds is 6. The average Bonchev–Trinajstić information content (AvgIpc) is 3.33. The highest BCUT2D eigenvalue weighted by Crippen LogP contribution is 2.38. The molecule has 1 saturated heterocycles. The highest BCUT2D eigenvalue weighted by Gasteiger charge is 2.47. The molecule has 2 heterocycles. The van der Waals surface area contributed by atoms with E-state index in [4.69, 9.17) is 4.42 Å². The molecule has 3 amide bonds. The van der Waals surface area contributed by atoms with Crippen LogP contribution in [-0.2, 0) is 20.9 Å². The number of anilines is 1. The van der Waals surface area contributed by atoms with Crippen molar-refractivity contribution in [1.29, 1.82) is 0 Å². The maximum atomic E-state index is 13.1. The number of benzene rings is 1. The minimum Gasteiger partial charge on any atom is -0.467 e. The van der Waals surface area contributed by atoms with Crippen molar-refractivity contribution in [2.24, 2.45) is 11.8 Å². The Morgan fingerprint density at radius 1 is 1.07 bits per heavy atom. The molecular weight excluding hydrogens is 368 g/mol. The summed E-state index contributed by atoms with van der Waals surface area (Å²) in [6, 6.07) is 11.3. The van der Waals surface area contributed by atoms with Gasteiger partial charge in [0.1, 0.15) is 5.76 Å². The van der Waals surface area contributed by atoms with E-state index >= 15 is 0 Å². The fraction of sp³-hybridized carbons (Fsp3) is 0.435. The molecule has 2 aromatic rings. The van der Waals surface area contributed by atoms with Crippen LogP contribution in [0.1, 0.15) is 43.4 Å². The predicted molar refractivity (Wildman–Crippen MR) is 108 cm³/mol. The first-order valence-corrected chi connectivity index (χ1v) is 10.3. The van der Waals surface area contributed by atoms with Crippen LogP contribution >= 0.6 is 0 Å². The Balaban J connectivity index is 1.47. The second-order valence-corrected chi connectivity index (χ2v) is 7.97. The average molecular weight is 394 g/mol. The van der Waals surface area contributed by atoms with E-state index in [9.17, 15) is 14.4 Å². The zero-order valence-electron chi connectivity index (χ0n) is 16.7. The standard InChI is InChI=1S/C23H26N2O4/c1-16-8-10-17(11-9-16)25(15-18-5-4-14-29-18)21(26)12-13-24-22(27)19-6-2-3-7-20(19)23(24)28/h4-5,8-11,14,19-20H,2-3,6-7,12-13,15H2,1H3. The van der Waals surface area contributed by atoms with Gasteiger partial charge in [0.15, 0.2) is 0 Å². The van der Waals surface area contributed by atoms with Crippen LogP contribution in [0.2, 0.25) is 0 Å². The number of hydrogen-bond donors (Lipinski definition) is 0. The van der Waals surface area contributed by atoms with Gasteiger partial charge in [0.2, 0.25) is 17.7 Å². The van der Waals surface area contributed by atoms with Gasteiger partial charge in [0.05, 0.1) is 24.6 Å². The maximum Gasteiger partial charge on any atom is 0.233 e. The molecular formula is C23H26N2O4. The van der Waals surface area contributed by atoms with E-state index in [0.717, 1.165) is 36.9 Å². The van der Waals surface area contributed by atoms with E-state index in [2.05, 4.69) is 0 Å². The largest absolute Gasteiger partial charge is 0.467 e. The Morgan fingerprint density at radius 2 is 1.72 bits per heavy atom. The van der Waals surface area contributed by atoms with Crippen molar-refractivity contribution in [3.63, 3.8) is 0 Å². The van der Waals surface area contributed by atoms with Crippen LogP contribution in [0.3, 0.4) is 0 Å². The first-order chi connectivity index (χ1) is 14.0. The van der Waals surface area contributed by atoms with Crippen molar-refractivity contribution >= 4 is 23.4 Å². The molecule has 29 heavy (non-hydrogen) atoms. The summed E-state index contributed by atoms with van der Waals surface area (Å²) in [5.74, 6) is -0.00909. The topological polar surface area (TPSA) is 70.8 Å². The van der Waals surface area contributed by atoms with Gasteiger partial charge in [-0.3, -0.25) is 19.3 Å². The molecule has 1 aromatic carbocycles. The molecule has 2 aliphatic rings. The number of carbonyl (C=O) groups excluding carboxylic acids is 3. The summed E-state index contributed by atoms with van der Waals surface area (Å²) in [4.78, 5) is 41.4. The molecule has 152 valence electrons. The first kappa shape index (κ1) is 19.4. The quantitative estimate of drug-likeness (QED) is 0.701. The fourth-order valence-corrected chi connectivity index (χ4v) is 4.40. The zero-order valence-corrected chi connectivity index (χ0v) is 16.7. The van der Waals surface area contributed by atoms with Crippen molar-refractivity contribution in [3.8, 4) is 0 Å².